The van der Waals surface area contributed by atoms with E-state index in [0.29, 0.717) is 31.6 Å². The smallest absolute Gasteiger partial charge is 0.241 e. The van der Waals surface area contributed by atoms with Gasteiger partial charge in [-0.25, -0.2) is 4.98 Å². The zero-order chi connectivity index (χ0) is 23.8. The van der Waals surface area contributed by atoms with E-state index in [1.54, 1.807) is 7.11 Å². The van der Waals surface area contributed by atoms with Crippen molar-refractivity contribution in [2.24, 2.45) is 0 Å². The Balaban J connectivity index is 0.00000324. The number of aromatic nitrogens is 1. The van der Waals surface area contributed by atoms with Crippen molar-refractivity contribution in [3.05, 3.63) is 47.2 Å². The molecule has 34 heavy (non-hydrogen) atoms. The largest absolute Gasteiger partial charge is 0.438 e. The number of ether oxygens (including phenoxy) is 2. The molecule has 0 spiro atoms. The van der Waals surface area contributed by atoms with Crippen LogP contribution in [0.4, 0.5) is 5.69 Å². The van der Waals surface area contributed by atoms with Crippen molar-refractivity contribution in [2.45, 2.75) is 52.1 Å². The van der Waals surface area contributed by atoms with Crippen LogP contribution in [0.5, 0.6) is 11.6 Å². The number of methoxy groups -OCH3 is 1. The van der Waals surface area contributed by atoms with Crippen molar-refractivity contribution in [2.75, 3.05) is 44.8 Å². The monoisotopic (exact) mass is 488 g/mol. The first-order valence-corrected chi connectivity index (χ1v) is 11.7. The number of carbonyl (C=O) groups excluding carboxylic acids is 1. The fourth-order valence-corrected chi connectivity index (χ4v) is 4.92. The van der Waals surface area contributed by atoms with E-state index in [0.717, 1.165) is 41.2 Å². The number of nitrogens with zero attached hydrogens (tertiary/aromatic N) is 3. The minimum atomic E-state index is -0.169. The maximum Gasteiger partial charge on any atom is 0.241 e. The number of nitrogens with one attached hydrogen (secondary N) is 1. The van der Waals surface area contributed by atoms with Gasteiger partial charge in [0.1, 0.15) is 5.75 Å². The SMILES string of the molecule is COC[C@H]1CN[C@H](C)CN1CC(=O)N1CC(C)(C)c2cnc(Oc3c(C)cccc3C)cc21.Cl. The summed E-state index contributed by atoms with van der Waals surface area (Å²) in [6, 6.07) is 8.52. The Morgan fingerprint density at radius 1 is 1.26 bits per heavy atom. The van der Waals surface area contributed by atoms with E-state index in [1.807, 2.05) is 49.2 Å². The molecule has 0 radical (unpaired) electrons. The van der Waals surface area contributed by atoms with Crippen LogP contribution in [0.1, 0.15) is 37.5 Å². The Morgan fingerprint density at radius 3 is 2.65 bits per heavy atom. The number of hydrogen-bond acceptors (Lipinski definition) is 6. The van der Waals surface area contributed by atoms with Gasteiger partial charge in [-0.1, -0.05) is 32.0 Å². The Bertz CT molecular complexity index is 1010. The van der Waals surface area contributed by atoms with E-state index in [2.05, 4.69) is 36.0 Å². The molecule has 2 atom stereocenters. The predicted octanol–water partition coefficient (Wildman–Crippen LogP) is 3.85. The summed E-state index contributed by atoms with van der Waals surface area (Å²) in [7, 11) is 1.71. The van der Waals surface area contributed by atoms with E-state index in [9.17, 15) is 4.79 Å². The molecule has 4 rings (SSSR count). The van der Waals surface area contributed by atoms with Gasteiger partial charge in [-0.15, -0.1) is 12.4 Å². The lowest BCUT2D eigenvalue weighted by Crippen LogP contribution is -2.59. The van der Waals surface area contributed by atoms with Gasteiger partial charge in [0.05, 0.1) is 18.8 Å². The fourth-order valence-electron chi connectivity index (χ4n) is 4.92. The van der Waals surface area contributed by atoms with Crippen molar-refractivity contribution in [1.82, 2.24) is 15.2 Å². The van der Waals surface area contributed by atoms with Crippen LogP contribution in [-0.4, -0.2) is 67.8 Å². The van der Waals surface area contributed by atoms with Crippen molar-refractivity contribution < 1.29 is 14.3 Å². The Hall–Kier alpha value is -2.19. The molecule has 2 aliphatic rings. The molecule has 186 valence electrons. The number of hydrogen-bond donors (Lipinski definition) is 1. The number of halogens is 1. The molecular formula is C26H37ClN4O3. The number of carbonyl (C=O) groups is 1. The molecule has 1 saturated heterocycles. The normalized spacial score (nSPS) is 21.6. The maximum atomic E-state index is 13.6. The number of anilines is 1. The summed E-state index contributed by atoms with van der Waals surface area (Å²) in [5.74, 6) is 1.42. The Kier molecular flexibility index (Phi) is 8.24. The minimum Gasteiger partial charge on any atom is -0.438 e. The number of aryl methyl sites for hydroxylation is 2. The highest BCUT2D eigenvalue weighted by molar-refractivity contribution is 5.97. The van der Waals surface area contributed by atoms with Gasteiger partial charge >= 0.3 is 0 Å². The molecular weight excluding hydrogens is 452 g/mol. The molecule has 0 bridgehead atoms. The Morgan fingerprint density at radius 2 is 1.97 bits per heavy atom. The number of piperazine rings is 1. The lowest BCUT2D eigenvalue weighted by molar-refractivity contribution is -0.121. The first-order chi connectivity index (χ1) is 15.7. The minimum absolute atomic E-state index is 0. The second-order valence-electron chi connectivity index (χ2n) is 10.1. The van der Waals surface area contributed by atoms with Crippen LogP contribution in [0.3, 0.4) is 0 Å². The third kappa shape index (κ3) is 5.38. The van der Waals surface area contributed by atoms with Gasteiger partial charge in [-0.05, 0) is 31.9 Å². The zero-order valence-corrected chi connectivity index (χ0v) is 21.9. The van der Waals surface area contributed by atoms with Crippen LogP contribution in [0.2, 0.25) is 0 Å². The molecule has 1 aromatic carbocycles. The van der Waals surface area contributed by atoms with E-state index in [4.69, 9.17) is 9.47 Å². The standard InChI is InChI=1S/C26H36N4O3.ClH/c1-17-8-7-9-18(2)25(17)33-23-10-22-21(12-28-23)26(4,5)16-30(22)24(31)14-29-13-19(3)27-11-20(29)15-32-6;/h7-10,12,19-20,27H,11,13-16H2,1-6H3;1H/t19-,20-;/m1./s1. The number of para-hydroxylation sites is 1. The van der Waals surface area contributed by atoms with Crippen molar-refractivity contribution >= 4 is 24.0 Å². The molecule has 0 unspecified atom stereocenters. The van der Waals surface area contributed by atoms with Crippen LogP contribution >= 0.6 is 12.4 Å². The number of pyridine rings is 1. The Labute approximate surface area is 209 Å². The van der Waals surface area contributed by atoms with Gasteiger partial charge in [-0.2, -0.15) is 0 Å². The van der Waals surface area contributed by atoms with Crippen molar-refractivity contribution in [1.29, 1.82) is 0 Å². The lowest BCUT2D eigenvalue weighted by Gasteiger charge is -2.39. The quantitative estimate of drug-likeness (QED) is 0.666. The average Bonchev–Trinajstić information content (AvgIpc) is 3.03. The molecule has 2 aromatic rings. The van der Waals surface area contributed by atoms with Gasteiger partial charge in [0.2, 0.25) is 11.8 Å². The molecule has 1 amide bonds. The number of rotatable bonds is 6. The third-order valence-electron chi connectivity index (χ3n) is 6.77. The van der Waals surface area contributed by atoms with E-state index in [1.165, 1.54) is 0 Å². The van der Waals surface area contributed by atoms with Crippen LogP contribution in [0, 0.1) is 13.8 Å². The average molecular weight is 489 g/mol. The molecule has 1 aromatic heterocycles. The molecule has 0 saturated carbocycles. The first kappa shape index (κ1) is 26.4. The summed E-state index contributed by atoms with van der Waals surface area (Å²) < 4.78 is 11.6. The van der Waals surface area contributed by atoms with Crippen molar-refractivity contribution in [3.63, 3.8) is 0 Å². The highest BCUT2D eigenvalue weighted by atomic mass is 35.5. The van der Waals surface area contributed by atoms with Crippen LogP contribution in [-0.2, 0) is 14.9 Å². The summed E-state index contributed by atoms with van der Waals surface area (Å²) >= 11 is 0. The molecule has 3 heterocycles. The van der Waals surface area contributed by atoms with Gasteiger partial charge < -0.3 is 19.7 Å². The zero-order valence-electron chi connectivity index (χ0n) is 21.1. The summed E-state index contributed by atoms with van der Waals surface area (Å²) in [4.78, 5) is 22.3. The maximum absolute atomic E-state index is 13.6. The molecule has 2 aliphatic heterocycles. The highest BCUT2D eigenvalue weighted by Gasteiger charge is 2.40. The van der Waals surface area contributed by atoms with E-state index >= 15 is 0 Å². The molecule has 8 heteroatoms. The van der Waals surface area contributed by atoms with Gasteiger partial charge in [-0.3, -0.25) is 9.69 Å². The van der Waals surface area contributed by atoms with Crippen LogP contribution in [0.15, 0.2) is 30.5 Å². The predicted molar refractivity (Wildman–Crippen MR) is 138 cm³/mol. The van der Waals surface area contributed by atoms with Gasteiger partial charge in [0.25, 0.3) is 0 Å². The number of fused-ring (bicyclic) bond motifs is 1. The van der Waals surface area contributed by atoms with Crippen LogP contribution < -0.4 is 15.0 Å². The summed E-state index contributed by atoms with van der Waals surface area (Å²) in [5.41, 5.74) is 3.92. The lowest BCUT2D eigenvalue weighted by atomic mass is 9.88. The molecule has 1 N–H and O–H groups in total. The molecule has 1 fully saturated rings. The second kappa shape index (κ2) is 10.6. The van der Waals surface area contributed by atoms with Gasteiger partial charge in [0.15, 0.2) is 0 Å². The molecule has 7 nitrogen and oxygen atoms in total. The van der Waals surface area contributed by atoms with E-state index < -0.39 is 0 Å². The fraction of sp³-hybridized carbons (Fsp3) is 0.538. The van der Waals surface area contributed by atoms with Crippen molar-refractivity contribution in [3.8, 4) is 11.6 Å². The molecule has 0 aliphatic carbocycles. The topological polar surface area (TPSA) is 66.9 Å². The van der Waals surface area contributed by atoms with E-state index in [-0.39, 0.29) is 29.8 Å². The van der Waals surface area contributed by atoms with Gasteiger partial charge in [0, 0.05) is 62.1 Å². The second-order valence-corrected chi connectivity index (χ2v) is 10.1. The summed E-state index contributed by atoms with van der Waals surface area (Å²) in [6.45, 7) is 13.8. The summed E-state index contributed by atoms with van der Waals surface area (Å²) in [6.07, 6.45) is 1.87. The first-order valence-electron chi connectivity index (χ1n) is 11.7. The highest BCUT2D eigenvalue weighted by Crippen LogP contribution is 2.42. The third-order valence-corrected chi connectivity index (χ3v) is 6.77. The summed E-state index contributed by atoms with van der Waals surface area (Å²) in [5, 5.41) is 3.49. The number of benzene rings is 1. The number of amides is 1. The van der Waals surface area contributed by atoms with Crippen LogP contribution in [0.25, 0.3) is 0 Å².